The van der Waals surface area contributed by atoms with Crippen LogP contribution in [-0.2, 0) is 13.6 Å². The number of aromatic nitrogens is 2. The van der Waals surface area contributed by atoms with Gasteiger partial charge < -0.3 is 9.30 Å². The quantitative estimate of drug-likeness (QED) is 0.811. The van der Waals surface area contributed by atoms with Crippen LogP contribution >= 0.6 is 0 Å². The maximum atomic E-state index is 11.7. The minimum absolute atomic E-state index is 0.0710. The van der Waals surface area contributed by atoms with E-state index in [2.05, 4.69) is 6.07 Å². The van der Waals surface area contributed by atoms with Gasteiger partial charge in [0.1, 0.15) is 11.8 Å². The van der Waals surface area contributed by atoms with Gasteiger partial charge in [-0.15, -0.1) is 0 Å². The van der Waals surface area contributed by atoms with Crippen LogP contribution in [0.5, 0.6) is 5.75 Å². The van der Waals surface area contributed by atoms with Gasteiger partial charge in [-0.05, 0) is 17.7 Å². The van der Waals surface area contributed by atoms with Gasteiger partial charge in [0, 0.05) is 19.4 Å². The van der Waals surface area contributed by atoms with E-state index in [-0.39, 0.29) is 5.69 Å². The topological polar surface area (TPSA) is 59.9 Å². The molecule has 0 N–H and O–H groups in total. The first-order valence-electron chi connectivity index (χ1n) is 5.44. The Morgan fingerprint density at radius 2 is 2.17 bits per heavy atom. The zero-order chi connectivity index (χ0) is 13.1. The largest absolute Gasteiger partial charge is 0.495 e. The van der Waals surface area contributed by atoms with Crippen LogP contribution in [-0.4, -0.2) is 16.2 Å². The third-order valence-corrected chi connectivity index (χ3v) is 2.76. The molecule has 0 spiro atoms. The van der Waals surface area contributed by atoms with E-state index in [1.807, 2.05) is 6.07 Å². The van der Waals surface area contributed by atoms with E-state index in [1.54, 1.807) is 36.1 Å². The van der Waals surface area contributed by atoms with Crippen molar-refractivity contribution in [3.63, 3.8) is 0 Å². The normalized spacial score (nSPS) is 10.1. The van der Waals surface area contributed by atoms with Crippen LogP contribution in [0.1, 0.15) is 11.1 Å². The maximum absolute atomic E-state index is 11.7. The van der Waals surface area contributed by atoms with Gasteiger partial charge in [0.15, 0.2) is 0 Å². The lowest BCUT2D eigenvalue weighted by atomic mass is 10.1. The van der Waals surface area contributed by atoms with E-state index in [0.29, 0.717) is 17.9 Å². The summed E-state index contributed by atoms with van der Waals surface area (Å²) in [5.41, 5.74) is 1.33. The van der Waals surface area contributed by atoms with Gasteiger partial charge in [-0.25, -0.2) is 4.79 Å². The third kappa shape index (κ3) is 2.13. The second-order valence-electron chi connectivity index (χ2n) is 3.97. The van der Waals surface area contributed by atoms with Crippen LogP contribution in [0.3, 0.4) is 0 Å². The first-order valence-corrected chi connectivity index (χ1v) is 5.44. The fraction of sp³-hybridized carbons (Fsp3) is 0.231. The van der Waals surface area contributed by atoms with Crippen LogP contribution in [0.25, 0.3) is 0 Å². The Hall–Kier alpha value is -2.48. The minimum atomic E-state index is -0.0710. The number of hydrogen-bond acceptors (Lipinski definition) is 3. The molecule has 0 aliphatic heterocycles. The van der Waals surface area contributed by atoms with Gasteiger partial charge in [0.05, 0.1) is 19.2 Å². The van der Waals surface area contributed by atoms with E-state index < -0.39 is 0 Å². The standard InChI is InChI=1S/C13H13N3O2/c1-15-5-6-16(13(15)17)9-10-3-4-11(8-14)12(7-10)18-2/h3-7H,9H2,1-2H3. The minimum Gasteiger partial charge on any atom is -0.495 e. The Bertz CT molecular complexity index is 662. The molecule has 2 aromatic rings. The molecular formula is C13H13N3O2. The van der Waals surface area contributed by atoms with E-state index in [4.69, 9.17) is 10.00 Å². The number of hydrogen-bond donors (Lipinski definition) is 0. The molecule has 0 bridgehead atoms. The van der Waals surface area contributed by atoms with Gasteiger partial charge in [-0.1, -0.05) is 6.07 Å². The van der Waals surface area contributed by atoms with E-state index in [9.17, 15) is 4.79 Å². The second kappa shape index (κ2) is 4.80. The van der Waals surface area contributed by atoms with Crippen molar-refractivity contribution in [2.75, 3.05) is 7.11 Å². The maximum Gasteiger partial charge on any atom is 0.328 e. The summed E-state index contributed by atoms with van der Waals surface area (Å²) in [6.45, 7) is 0.460. The Morgan fingerprint density at radius 3 is 2.72 bits per heavy atom. The summed E-state index contributed by atoms with van der Waals surface area (Å²) in [5, 5.41) is 8.89. The van der Waals surface area contributed by atoms with Crippen LogP contribution in [0, 0.1) is 11.3 Å². The smallest absolute Gasteiger partial charge is 0.328 e. The van der Waals surface area contributed by atoms with Gasteiger partial charge in [-0.2, -0.15) is 5.26 Å². The number of nitriles is 1. The average Bonchev–Trinajstić information content (AvgIpc) is 2.70. The lowest BCUT2D eigenvalue weighted by Crippen LogP contribution is -2.22. The SMILES string of the molecule is COc1cc(Cn2ccn(C)c2=O)ccc1C#N. The fourth-order valence-electron chi connectivity index (χ4n) is 1.75. The predicted molar refractivity (Wildman–Crippen MR) is 66.5 cm³/mol. The highest BCUT2D eigenvalue weighted by Crippen LogP contribution is 2.19. The zero-order valence-corrected chi connectivity index (χ0v) is 10.3. The predicted octanol–water partition coefficient (Wildman–Crippen LogP) is 1.12. The van der Waals surface area contributed by atoms with Crippen LogP contribution in [0.2, 0.25) is 0 Å². The monoisotopic (exact) mass is 243 g/mol. The molecule has 2 rings (SSSR count). The molecule has 0 amide bonds. The third-order valence-electron chi connectivity index (χ3n) is 2.76. The van der Waals surface area contributed by atoms with Crippen LogP contribution < -0.4 is 10.4 Å². The summed E-state index contributed by atoms with van der Waals surface area (Å²) in [7, 11) is 3.23. The molecule has 0 unspecified atom stereocenters. The molecule has 0 atom stereocenters. The van der Waals surface area contributed by atoms with Crippen molar-refractivity contribution in [3.8, 4) is 11.8 Å². The first kappa shape index (κ1) is 12.0. The van der Waals surface area contributed by atoms with Crippen molar-refractivity contribution in [1.82, 2.24) is 9.13 Å². The number of aryl methyl sites for hydroxylation is 1. The lowest BCUT2D eigenvalue weighted by Gasteiger charge is -2.06. The lowest BCUT2D eigenvalue weighted by molar-refractivity contribution is 0.412. The number of ether oxygens (including phenoxy) is 1. The van der Waals surface area contributed by atoms with Crippen molar-refractivity contribution in [1.29, 1.82) is 5.26 Å². The molecule has 1 aromatic carbocycles. The van der Waals surface area contributed by atoms with Crippen molar-refractivity contribution < 1.29 is 4.74 Å². The Morgan fingerprint density at radius 1 is 1.39 bits per heavy atom. The van der Waals surface area contributed by atoms with Gasteiger partial charge in [0.25, 0.3) is 0 Å². The van der Waals surface area contributed by atoms with Crippen LogP contribution in [0.4, 0.5) is 0 Å². The molecule has 0 aliphatic rings. The molecule has 0 saturated heterocycles. The summed E-state index contributed by atoms with van der Waals surface area (Å²) < 4.78 is 8.25. The van der Waals surface area contributed by atoms with Crippen molar-refractivity contribution in [2.45, 2.75) is 6.54 Å². The summed E-state index contributed by atoms with van der Waals surface area (Å²) in [6.07, 6.45) is 3.44. The molecule has 18 heavy (non-hydrogen) atoms. The number of benzene rings is 1. The summed E-state index contributed by atoms with van der Waals surface area (Å²) in [5.74, 6) is 0.527. The fourth-order valence-corrected chi connectivity index (χ4v) is 1.75. The molecule has 0 fully saturated rings. The number of nitrogens with zero attached hydrogens (tertiary/aromatic N) is 3. The van der Waals surface area contributed by atoms with Gasteiger partial charge >= 0.3 is 5.69 Å². The summed E-state index contributed by atoms with van der Waals surface area (Å²) in [6, 6.07) is 7.35. The Balaban J connectivity index is 2.33. The zero-order valence-electron chi connectivity index (χ0n) is 10.3. The average molecular weight is 243 g/mol. The molecule has 92 valence electrons. The second-order valence-corrected chi connectivity index (χ2v) is 3.97. The van der Waals surface area contributed by atoms with Crippen molar-refractivity contribution >= 4 is 0 Å². The molecule has 0 saturated carbocycles. The van der Waals surface area contributed by atoms with Crippen LogP contribution in [0.15, 0.2) is 35.4 Å². The molecule has 0 aliphatic carbocycles. The first-order chi connectivity index (χ1) is 8.65. The van der Waals surface area contributed by atoms with E-state index in [1.165, 1.54) is 11.7 Å². The molecule has 1 heterocycles. The highest BCUT2D eigenvalue weighted by molar-refractivity contribution is 5.45. The van der Waals surface area contributed by atoms with Gasteiger partial charge in [0.2, 0.25) is 0 Å². The molecule has 5 heteroatoms. The van der Waals surface area contributed by atoms with Gasteiger partial charge in [-0.3, -0.25) is 4.57 Å². The molecule has 0 radical (unpaired) electrons. The number of imidazole rings is 1. The number of rotatable bonds is 3. The Kier molecular flexibility index (Phi) is 3.20. The summed E-state index contributed by atoms with van der Waals surface area (Å²) in [4.78, 5) is 11.7. The highest BCUT2D eigenvalue weighted by Gasteiger charge is 2.06. The van der Waals surface area contributed by atoms with Crippen molar-refractivity contribution in [3.05, 3.63) is 52.2 Å². The molecule has 1 aromatic heterocycles. The molecule has 5 nitrogen and oxygen atoms in total. The summed E-state index contributed by atoms with van der Waals surface area (Å²) >= 11 is 0. The highest BCUT2D eigenvalue weighted by atomic mass is 16.5. The van der Waals surface area contributed by atoms with E-state index >= 15 is 0 Å². The van der Waals surface area contributed by atoms with Crippen molar-refractivity contribution in [2.24, 2.45) is 7.05 Å². The Labute approximate surface area is 104 Å². The molecular weight excluding hydrogens is 230 g/mol. The van der Waals surface area contributed by atoms with E-state index in [0.717, 1.165) is 5.56 Å². The number of methoxy groups -OCH3 is 1.